The first-order valence-corrected chi connectivity index (χ1v) is 12.0. The fraction of sp³-hybridized carbons (Fsp3) is 0.462. The van der Waals surface area contributed by atoms with Crippen molar-refractivity contribution in [1.29, 1.82) is 0 Å². The van der Waals surface area contributed by atoms with Crippen LogP contribution in [0.15, 0.2) is 48.5 Å². The molecule has 2 aromatic carbocycles. The third-order valence-corrected chi connectivity index (χ3v) is 6.89. The molecule has 2 amide bonds. The van der Waals surface area contributed by atoms with Gasteiger partial charge in [0.05, 0.1) is 12.0 Å². The van der Waals surface area contributed by atoms with Crippen molar-refractivity contribution in [2.24, 2.45) is 5.92 Å². The topological polar surface area (TPSA) is 74.4 Å². The quantitative estimate of drug-likeness (QED) is 0.704. The second-order valence-corrected chi connectivity index (χ2v) is 9.31. The zero-order valence-corrected chi connectivity index (χ0v) is 19.6. The predicted octanol–water partition coefficient (Wildman–Crippen LogP) is 1.92. The van der Waals surface area contributed by atoms with Gasteiger partial charge in [-0.1, -0.05) is 30.3 Å². The normalized spacial score (nSPS) is 22.0. The minimum atomic E-state index is -0.389. The minimum Gasteiger partial charge on any atom is -0.486 e. The number of ether oxygens (including phenoxy) is 2. The molecule has 3 heterocycles. The summed E-state index contributed by atoms with van der Waals surface area (Å²) in [6.45, 7) is 6.15. The zero-order valence-electron chi connectivity index (χ0n) is 19.6. The van der Waals surface area contributed by atoms with Gasteiger partial charge in [0.25, 0.3) is 0 Å². The average molecular weight is 465 g/mol. The van der Waals surface area contributed by atoms with Gasteiger partial charge in [-0.05, 0) is 24.7 Å². The molecule has 8 heteroatoms. The van der Waals surface area contributed by atoms with Crippen LogP contribution in [-0.2, 0) is 9.59 Å². The van der Waals surface area contributed by atoms with Gasteiger partial charge in [0, 0.05) is 57.4 Å². The molecule has 3 aliphatic rings. The van der Waals surface area contributed by atoms with Crippen molar-refractivity contribution >= 4 is 17.5 Å². The Labute approximate surface area is 200 Å². The summed E-state index contributed by atoms with van der Waals surface area (Å²) in [7, 11) is 2.14. The summed E-state index contributed by atoms with van der Waals surface area (Å²) in [5, 5.41) is 3.26. The van der Waals surface area contributed by atoms with E-state index < -0.39 is 0 Å². The maximum absolute atomic E-state index is 13.3. The Morgan fingerprint density at radius 3 is 2.53 bits per heavy atom. The van der Waals surface area contributed by atoms with Crippen LogP contribution in [0.5, 0.6) is 11.5 Å². The van der Waals surface area contributed by atoms with Gasteiger partial charge >= 0.3 is 0 Å². The van der Waals surface area contributed by atoms with Crippen molar-refractivity contribution in [3.63, 3.8) is 0 Å². The van der Waals surface area contributed by atoms with Gasteiger partial charge in [0.1, 0.15) is 13.2 Å². The highest BCUT2D eigenvalue weighted by atomic mass is 16.6. The molecular weight excluding hydrogens is 432 g/mol. The molecule has 0 spiro atoms. The number of likely N-dealkylation sites (N-methyl/N-ethyl adjacent to an activating group) is 1. The molecule has 2 fully saturated rings. The SMILES string of the molecule is CN1CCN(CC(NC(=O)C2CC(=O)N(c3ccc4c(c3)OCCO4)C2)c2ccccc2)CC1. The standard InChI is InChI=1S/C26H32N4O4/c1-28-9-11-29(12-10-28)18-22(19-5-3-2-4-6-19)27-26(32)20-15-25(31)30(17-20)21-7-8-23-24(16-21)34-14-13-33-23/h2-8,16,20,22H,9-15,17-18H2,1H3,(H,27,32). The van der Waals surface area contributed by atoms with Gasteiger partial charge in [-0.2, -0.15) is 0 Å². The first-order valence-electron chi connectivity index (χ1n) is 12.0. The van der Waals surface area contributed by atoms with Crippen LogP contribution < -0.4 is 19.7 Å². The summed E-state index contributed by atoms with van der Waals surface area (Å²) in [5.74, 6) is 0.814. The number of hydrogen-bond donors (Lipinski definition) is 1. The summed E-state index contributed by atoms with van der Waals surface area (Å²) < 4.78 is 11.2. The minimum absolute atomic E-state index is 0.0489. The molecule has 2 aromatic rings. The van der Waals surface area contributed by atoms with E-state index in [-0.39, 0.29) is 30.2 Å². The van der Waals surface area contributed by atoms with Gasteiger partial charge < -0.3 is 24.6 Å². The maximum atomic E-state index is 13.3. The van der Waals surface area contributed by atoms with E-state index in [4.69, 9.17) is 9.47 Å². The number of amides is 2. The second kappa shape index (κ2) is 10.0. The van der Waals surface area contributed by atoms with E-state index in [1.165, 1.54) is 0 Å². The monoisotopic (exact) mass is 464 g/mol. The van der Waals surface area contributed by atoms with E-state index in [0.717, 1.165) is 44.0 Å². The Bertz CT molecular complexity index is 1020. The van der Waals surface area contributed by atoms with E-state index in [0.29, 0.717) is 31.3 Å². The van der Waals surface area contributed by atoms with Gasteiger partial charge in [-0.25, -0.2) is 0 Å². The van der Waals surface area contributed by atoms with E-state index >= 15 is 0 Å². The van der Waals surface area contributed by atoms with Crippen molar-refractivity contribution in [3.8, 4) is 11.5 Å². The van der Waals surface area contributed by atoms with Gasteiger partial charge in [0.15, 0.2) is 11.5 Å². The summed E-state index contributed by atoms with van der Waals surface area (Å²) in [6.07, 6.45) is 0.205. The van der Waals surface area contributed by atoms with Crippen LogP contribution in [0.25, 0.3) is 0 Å². The number of nitrogens with zero attached hydrogens (tertiary/aromatic N) is 3. The largest absolute Gasteiger partial charge is 0.486 e. The van der Waals surface area contributed by atoms with Crippen LogP contribution in [0, 0.1) is 5.92 Å². The number of carbonyl (C=O) groups is 2. The molecule has 180 valence electrons. The smallest absolute Gasteiger partial charge is 0.227 e. The molecule has 2 unspecified atom stereocenters. The lowest BCUT2D eigenvalue weighted by Crippen LogP contribution is -2.48. The van der Waals surface area contributed by atoms with Gasteiger partial charge in [0.2, 0.25) is 11.8 Å². The van der Waals surface area contributed by atoms with Crippen LogP contribution in [0.1, 0.15) is 18.0 Å². The van der Waals surface area contributed by atoms with Crippen LogP contribution in [0.4, 0.5) is 5.69 Å². The van der Waals surface area contributed by atoms with E-state index in [1.807, 2.05) is 36.4 Å². The highest BCUT2D eigenvalue weighted by Gasteiger charge is 2.36. The Kier molecular flexibility index (Phi) is 6.69. The highest BCUT2D eigenvalue weighted by Crippen LogP contribution is 2.36. The number of carbonyl (C=O) groups excluding carboxylic acids is 2. The van der Waals surface area contributed by atoms with E-state index in [1.54, 1.807) is 4.90 Å². The lowest BCUT2D eigenvalue weighted by Gasteiger charge is -2.35. The van der Waals surface area contributed by atoms with Crippen LogP contribution >= 0.6 is 0 Å². The fourth-order valence-corrected chi connectivity index (χ4v) is 4.83. The number of anilines is 1. The summed E-state index contributed by atoms with van der Waals surface area (Å²) >= 11 is 0. The Balaban J connectivity index is 1.26. The predicted molar refractivity (Wildman–Crippen MR) is 129 cm³/mol. The summed E-state index contributed by atoms with van der Waals surface area (Å²) in [5.41, 5.74) is 1.82. The molecule has 2 atom stereocenters. The molecule has 0 aromatic heterocycles. The summed E-state index contributed by atoms with van der Waals surface area (Å²) in [4.78, 5) is 32.5. The van der Waals surface area contributed by atoms with Crippen molar-refractivity contribution in [3.05, 3.63) is 54.1 Å². The lowest BCUT2D eigenvalue weighted by atomic mass is 10.0. The Hall–Kier alpha value is -3.10. The Morgan fingerprint density at radius 2 is 1.76 bits per heavy atom. The average Bonchev–Trinajstić information content (AvgIpc) is 3.27. The van der Waals surface area contributed by atoms with Crippen LogP contribution in [0.2, 0.25) is 0 Å². The highest BCUT2D eigenvalue weighted by molar-refractivity contribution is 6.00. The second-order valence-electron chi connectivity index (χ2n) is 9.31. The molecular formula is C26H32N4O4. The van der Waals surface area contributed by atoms with E-state index in [2.05, 4.69) is 34.3 Å². The maximum Gasteiger partial charge on any atom is 0.227 e. The molecule has 5 rings (SSSR count). The van der Waals surface area contributed by atoms with Crippen LogP contribution in [-0.4, -0.2) is 81.1 Å². The number of rotatable bonds is 6. The van der Waals surface area contributed by atoms with Gasteiger partial charge in [-0.15, -0.1) is 0 Å². The van der Waals surface area contributed by atoms with Crippen molar-refractivity contribution in [1.82, 2.24) is 15.1 Å². The van der Waals surface area contributed by atoms with Crippen molar-refractivity contribution < 1.29 is 19.1 Å². The van der Waals surface area contributed by atoms with E-state index in [9.17, 15) is 9.59 Å². The summed E-state index contributed by atoms with van der Waals surface area (Å²) in [6, 6.07) is 15.5. The molecule has 8 nitrogen and oxygen atoms in total. The molecule has 34 heavy (non-hydrogen) atoms. The third-order valence-electron chi connectivity index (χ3n) is 6.89. The van der Waals surface area contributed by atoms with Crippen LogP contribution in [0.3, 0.4) is 0 Å². The van der Waals surface area contributed by atoms with Crippen molar-refractivity contribution in [2.75, 3.05) is 64.4 Å². The number of benzene rings is 2. The molecule has 0 bridgehead atoms. The van der Waals surface area contributed by atoms with Crippen molar-refractivity contribution in [2.45, 2.75) is 12.5 Å². The first kappa shape index (κ1) is 22.7. The number of hydrogen-bond acceptors (Lipinski definition) is 6. The molecule has 2 saturated heterocycles. The lowest BCUT2D eigenvalue weighted by molar-refractivity contribution is -0.127. The first-order chi connectivity index (χ1) is 16.6. The fourth-order valence-electron chi connectivity index (χ4n) is 4.83. The Morgan fingerprint density at radius 1 is 1.03 bits per heavy atom. The molecule has 0 saturated carbocycles. The number of fused-ring (bicyclic) bond motifs is 1. The zero-order chi connectivity index (χ0) is 23.5. The number of nitrogens with one attached hydrogen (secondary N) is 1. The van der Waals surface area contributed by atoms with Gasteiger partial charge in [-0.3, -0.25) is 14.5 Å². The number of piperazine rings is 1. The molecule has 1 N–H and O–H groups in total. The molecule has 3 aliphatic heterocycles. The molecule has 0 aliphatic carbocycles. The third kappa shape index (κ3) is 5.03. The molecule has 0 radical (unpaired) electrons.